The lowest BCUT2D eigenvalue weighted by atomic mass is 10.1. The topological polar surface area (TPSA) is 94.8 Å². The highest BCUT2D eigenvalue weighted by Gasteiger charge is 2.09. The van der Waals surface area contributed by atoms with Crippen LogP contribution in [0.25, 0.3) is 11.0 Å². The van der Waals surface area contributed by atoms with E-state index in [0.717, 1.165) is 10.9 Å². The van der Waals surface area contributed by atoms with Gasteiger partial charge in [0.05, 0.1) is 0 Å². The van der Waals surface area contributed by atoms with Crippen LogP contribution in [0.4, 0.5) is 4.39 Å². The average molecular weight is 399 g/mol. The van der Waals surface area contributed by atoms with Gasteiger partial charge in [-0.05, 0) is 42.3 Å². The van der Waals surface area contributed by atoms with Crippen LogP contribution in [0.3, 0.4) is 0 Å². The van der Waals surface area contributed by atoms with E-state index in [9.17, 15) is 18.8 Å². The molecule has 0 aliphatic heterocycles. The molecule has 150 valence electrons. The summed E-state index contributed by atoms with van der Waals surface area (Å²) in [7, 11) is 0. The van der Waals surface area contributed by atoms with Gasteiger partial charge in [0.1, 0.15) is 17.1 Å². The molecule has 2 aromatic carbocycles. The van der Waals surface area contributed by atoms with Gasteiger partial charge in [0, 0.05) is 24.1 Å². The molecule has 0 saturated carbocycles. The van der Waals surface area contributed by atoms with Crippen molar-refractivity contribution in [2.45, 2.75) is 6.42 Å². The van der Waals surface area contributed by atoms with Gasteiger partial charge in [-0.1, -0.05) is 12.1 Å². The maximum Gasteiger partial charge on any atom is 0.344 e. The first-order valence-electron chi connectivity index (χ1n) is 8.83. The molecule has 0 aliphatic carbocycles. The van der Waals surface area contributed by atoms with Crippen LogP contribution >= 0.6 is 0 Å². The highest BCUT2D eigenvalue weighted by Crippen LogP contribution is 2.19. The zero-order valence-corrected chi connectivity index (χ0v) is 15.4. The van der Waals surface area contributed by atoms with Crippen LogP contribution < -0.4 is 15.7 Å². The molecule has 0 saturated heterocycles. The van der Waals surface area contributed by atoms with Gasteiger partial charge in [-0.2, -0.15) is 0 Å². The molecule has 3 rings (SSSR count). The zero-order chi connectivity index (χ0) is 20.6. The van der Waals surface area contributed by atoms with Crippen LogP contribution in [0.1, 0.15) is 5.56 Å². The lowest BCUT2D eigenvalue weighted by molar-refractivity contribution is -0.150. The average Bonchev–Trinajstić information content (AvgIpc) is 2.72. The second-order valence-electron chi connectivity index (χ2n) is 6.13. The molecule has 1 aromatic heterocycles. The lowest BCUT2D eigenvalue weighted by Gasteiger charge is -2.08. The summed E-state index contributed by atoms with van der Waals surface area (Å²) in [6, 6.07) is 13.7. The molecule has 1 heterocycles. The molecular formula is C21H18FNO6. The highest BCUT2D eigenvalue weighted by atomic mass is 19.1. The molecule has 0 aliphatic rings. The number of amides is 1. The van der Waals surface area contributed by atoms with Crippen LogP contribution in [0, 0.1) is 5.82 Å². The Balaban J connectivity index is 1.37. The first-order chi connectivity index (χ1) is 14.0. The zero-order valence-electron chi connectivity index (χ0n) is 15.4. The Hall–Kier alpha value is -3.68. The maximum absolute atomic E-state index is 12.8. The third kappa shape index (κ3) is 6.17. The second kappa shape index (κ2) is 9.50. The van der Waals surface area contributed by atoms with Crippen molar-refractivity contribution >= 4 is 22.8 Å². The van der Waals surface area contributed by atoms with E-state index in [1.807, 2.05) is 0 Å². The van der Waals surface area contributed by atoms with Gasteiger partial charge in [0.25, 0.3) is 5.91 Å². The van der Waals surface area contributed by atoms with Crippen LogP contribution in [-0.2, 0) is 20.7 Å². The van der Waals surface area contributed by atoms with Crippen molar-refractivity contribution in [3.05, 3.63) is 76.4 Å². The fraction of sp³-hybridized carbons (Fsp3) is 0.190. The van der Waals surface area contributed by atoms with E-state index in [1.54, 1.807) is 30.3 Å². The Kier molecular flexibility index (Phi) is 6.57. The van der Waals surface area contributed by atoms with E-state index < -0.39 is 30.7 Å². The Morgan fingerprint density at radius 1 is 1.00 bits per heavy atom. The Bertz CT molecular complexity index is 1060. The van der Waals surface area contributed by atoms with Gasteiger partial charge in [-0.25, -0.2) is 14.0 Å². The van der Waals surface area contributed by atoms with E-state index in [-0.39, 0.29) is 5.82 Å². The van der Waals surface area contributed by atoms with Crippen LogP contribution in [0.2, 0.25) is 0 Å². The fourth-order valence-corrected chi connectivity index (χ4v) is 2.51. The summed E-state index contributed by atoms with van der Waals surface area (Å²) >= 11 is 0. The van der Waals surface area contributed by atoms with Crippen molar-refractivity contribution in [1.82, 2.24) is 5.32 Å². The molecule has 0 radical (unpaired) electrons. The summed E-state index contributed by atoms with van der Waals surface area (Å²) in [5, 5.41) is 3.33. The smallest absolute Gasteiger partial charge is 0.344 e. The summed E-state index contributed by atoms with van der Waals surface area (Å²) in [6.07, 6.45) is 0.529. The number of esters is 1. The summed E-state index contributed by atoms with van der Waals surface area (Å²) in [6.45, 7) is -0.496. The predicted octanol–water partition coefficient (Wildman–Crippen LogP) is 2.21. The molecule has 0 unspecified atom stereocenters. The standard InChI is InChI=1S/C21H18FNO6/c22-16-5-1-14(2-6-16)9-10-23-19(24)12-28-21(26)13-27-17-7-3-15-4-8-20(25)29-18(15)11-17/h1-8,11H,9-10,12-13H2,(H,23,24). The van der Waals surface area contributed by atoms with Crippen molar-refractivity contribution < 1.29 is 27.9 Å². The number of carbonyl (C=O) groups excluding carboxylic acids is 2. The van der Waals surface area contributed by atoms with Crippen molar-refractivity contribution in [1.29, 1.82) is 0 Å². The number of hydrogen-bond donors (Lipinski definition) is 1. The summed E-state index contributed by atoms with van der Waals surface area (Å²) in [5.41, 5.74) is 0.728. The minimum atomic E-state index is -0.715. The van der Waals surface area contributed by atoms with Crippen LogP contribution in [0.5, 0.6) is 5.75 Å². The number of nitrogens with one attached hydrogen (secondary N) is 1. The van der Waals surface area contributed by atoms with Gasteiger partial charge in [0.2, 0.25) is 0 Å². The third-order valence-electron chi connectivity index (χ3n) is 3.96. The minimum absolute atomic E-state index is 0.319. The number of ether oxygens (including phenoxy) is 2. The second-order valence-corrected chi connectivity index (χ2v) is 6.13. The predicted molar refractivity (Wildman–Crippen MR) is 102 cm³/mol. The monoisotopic (exact) mass is 399 g/mol. The van der Waals surface area contributed by atoms with Gasteiger partial charge >= 0.3 is 11.6 Å². The third-order valence-corrected chi connectivity index (χ3v) is 3.96. The number of hydrogen-bond acceptors (Lipinski definition) is 6. The van der Waals surface area contributed by atoms with Crippen molar-refractivity contribution in [2.24, 2.45) is 0 Å². The van der Waals surface area contributed by atoms with Gasteiger partial charge in [-0.3, -0.25) is 4.79 Å². The minimum Gasteiger partial charge on any atom is -0.482 e. The Morgan fingerprint density at radius 2 is 1.76 bits per heavy atom. The fourth-order valence-electron chi connectivity index (χ4n) is 2.51. The normalized spacial score (nSPS) is 10.5. The number of carbonyl (C=O) groups is 2. The lowest BCUT2D eigenvalue weighted by Crippen LogP contribution is -2.31. The van der Waals surface area contributed by atoms with E-state index in [4.69, 9.17) is 13.9 Å². The molecular weight excluding hydrogens is 381 g/mol. The molecule has 7 nitrogen and oxygen atoms in total. The van der Waals surface area contributed by atoms with Crippen LogP contribution in [-0.4, -0.2) is 31.6 Å². The first kappa shape index (κ1) is 20.1. The quantitative estimate of drug-likeness (QED) is 0.461. The van der Waals surface area contributed by atoms with Crippen molar-refractivity contribution in [3.8, 4) is 5.75 Å². The first-order valence-corrected chi connectivity index (χ1v) is 8.83. The van der Waals surface area contributed by atoms with Gasteiger partial charge in [0.15, 0.2) is 13.2 Å². The van der Waals surface area contributed by atoms with Crippen molar-refractivity contribution in [3.63, 3.8) is 0 Å². The molecule has 1 amide bonds. The summed E-state index contributed by atoms with van der Waals surface area (Å²) in [4.78, 5) is 34.7. The molecule has 0 fully saturated rings. The summed E-state index contributed by atoms with van der Waals surface area (Å²) in [5.74, 6) is -1.16. The number of halogens is 1. The van der Waals surface area contributed by atoms with E-state index in [2.05, 4.69) is 5.32 Å². The van der Waals surface area contributed by atoms with Gasteiger partial charge < -0.3 is 19.2 Å². The molecule has 0 atom stereocenters. The SMILES string of the molecule is O=C(COC(=O)COc1ccc2ccc(=O)oc2c1)NCCc1ccc(F)cc1. The molecule has 0 spiro atoms. The van der Waals surface area contributed by atoms with Crippen molar-refractivity contribution in [2.75, 3.05) is 19.8 Å². The Labute approximate surface area is 165 Å². The van der Waals surface area contributed by atoms with E-state index in [1.165, 1.54) is 24.3 Å². The number of fused-ring (bicyclic) bond motifs is 1. The highest BCUT2D eigenvalue weighted by molar-refractivity contribution is 5.81. The van der Waals surface area contributed by atoms with Gasteiger partial charge in [-0.15, -0.1) is 0 Å². The molecule has 29 heavy (non-hydrogen) atoms. The summed E-state index contributed by atoms with van der Waals surface area (Å²) < 4.78 is 28.0. The molecule has 1 N–H and O–H groups in total. The number of rotatable bonds is 8. The van der Waals surface area contributed by atoms with E-state index >= 15 is 0 Å². The van der Waals surface area contributed by atoms with E-state index in [0.29, 0.717) is 24.3 Å². The number of benzene rings is 2. The van der Waals surface area contributed by atoms with Crippen LogP contribution in [0.15, 0.2) is 63.8 Å². The molecule has 8 heteroatoms. The largest absolute Gasteiger partial charge is 0.482 e. The molecule has 3 aromatic rings. The Morgan fingerprint density at radius 3 is 2.55 bits per heavy atom. The maximum atomic E-state index is 12.8. The molecule has 0 bridgehead atoms.